The van der Waals surface area contributed by atoms with Crippen molar-refractivity contribution < 1.29 is 14.4 Å². The van der Waals surface area contributed by atoms with Crippen LogP contribution in [0.3, 0.4) is 0 Å². The third-order valence-electron chi connectivity index (χ3n) is 2.96. The summed E-state index contributed by atoms with van der Waals surface area (Å²) in [5.41, 5.74) is 3.84. The fourth-order valence-corrected chi connectivity index (χ4v) is 1.93. The Hall–Kier alpha value is -1.59. The minimum Gasteiger partial charge on any atom is -0.445 e. The Morgan fingerprint density at radius 1 is 1.28 bits per heavy atom. The SMILES string of the molecule is CONC1CC(NC(=O)OCc2ccccc2)C1. The summed E-state index contributed by atoms with van der Waals surface area (Å²) in [4.78, 5) is 16.3. The number of carbonyl (C=O) groups is 1. The number of carbonyl (C=O) groups excluding carboxylic acids is 1. The van der Waals surface area contributed by atoms with Gasteiger partial charge in [-0.1, -0.05) is 30.3 Å². The second kappa shape index (κ2) is 6.37. The van der Waals surface area contributed by atoms with Crippen molar-refractivity contribution in [3.63, 3.8) is 0 Å². The van der Waals surface area contributed by atoms with E-state index in [9.17, 15) is 4.79 Å². The molecule has 0 unspecified atom stereocenters. The van der Waals surface area contributed by atoms with Gasteiger partial charge in [-0.05, 0) is 18.4 Å². The van der Waals surface area contributed by atoms with E-state index in [0.717, 1.165) is 18.4 Å². The van der Waals surface area contributed by atoms with Crippen LogP contribution in [-0.2, 0) is 16.2 Å². The lowest BCUT2D eigenvalue weighted by molar-refractivity contribution is 0.0232. The van der Waals surface area contributed by atoms with Crippen molar-refractivity contribution in [3.8, 4) is 0 Å². The average molecular weight is 250 g/mol. The van der Waals surface area contributed by atoms with Gasteiger partial charge in [-0.2, -0.15) is 5.48 Å². The number of hydrogen-bond donors (Lipinski definition) is 2. The maximum absolute atomic E-state index is 11.5. The molecular formula is C13H18N2O3. The molecule has 98 valence electrons. The topological polar surface area (TPSA) is 59.6 Å². The molecule has 2 rings (SSSR count). The van der Waals surface area contributed by atoms with Crippen LogP contribution in [-0.4, -0.2) is 25.3 Å². The molecule has 2 N–H and O–H groups in total. The summed E-state index contributed by atoms with van der Waals surface area (Å²) in [6.07, 6.45) is 1.38. The van der Waals surface area contributed by atoms with Crippen LogP contribution in [0.15, 0.2) is 30.3 Å². The number of ether oxygens (including phenoxy) is 1. The molecule has 0 radical (unpaired) electrons. The fourth-order valence-electron chi connectivity index (χ4n) is 1.93. The highest BCUT2D eigenvalue weighted by Crippen LogP contribution is 2.19. The second-order valence-corrected chi connectivity index (χ2v) is 4.39. The Morgan fingerprint density at radius 3 is 2.67 bits per heavy atom. The van der Waals surface area contributed by atoms with E-state index in [-0.39, 0.29) is 12.1 Å². The highest BCUT2D eigenvalue weighted by molar-refractivity contribution is 5.67. The Morgan fingerprint density at radius 2 is 2.00 bits per heavy atom. The molecule has 18 heavy (non-hydrogen) atoms. The molecule has 1 aromatic carbocycles. The molecule has 0 saturated heterocycles. The third-order valence-corrected chi connectivity index (χ3v) is 2.96. The molecule has 1 aliphatic carbocycles. The van der Waals surface area contributed by atoms with Crippen LogP contribution < -0.4 is 10.8 Å². The van der Waals surface area contributed by atoms with Crippen LogP contribution in [0.25, 0.3) is 0 Å². The van der Waals surface area contributed by atoms with Crippen LogP contribution in [0.5, 0.6) is 0 Å². The molecule has 5 heteroatoms. The van der Waals surface area contributed by atoms with E-state index in [4.69, 9.17) is 9.57 Å². The molecule has 0 aliphatic heterocycles. The minimum atomic E-state index is -0.361. The van der Waals surface area contributed by atoms with Crippen molar-refractivity contribution in [1.82, 2.24) is 10.8 Å². The van der Waals surface area contributed by atoms with E-state index < -0.39 is 0 Å². The molecule has 0 heterocycles. The summed E-state index contributed by atoms with van der Waals surface area (Å²) >= 11 is 0. The summed E-state index contributed by atoms with van der Waals surface area (Å²) in [5.74, 6) is 0. The highest BCUT2D eigenvalue weighted by Gasteiger charge is 2.30. The second-order valence-electron chi connectivity index (χ2n) is 4.39. The van der Waals surface area contributed by atoms with Crippen LogP contribution in [0.2, 0.25) is 0 Å². The van der Waals surface area contributed by atoms with Gasteiger partial charge < -0.3 is 14.9 Å². The molecule has 5 nitrogen and oxygen atoms in total. The lowest BCUT2D eigenvalue weighted by Gasteiger charge is -2.35. The summed E-state index contributed by atoms with van der Waals surface area (Å²) in [7, 11) is 1.59. The number of amides is 1. The van der Waals surface area contributed by atoms with Crippen molar-refractivity contribution in [2.75, 3.05) is 7.11 Å². The van der Waals surface area contributed by atoms with Crippen LogP contribution in [0.4, 0.5) is 4.79 Å². The van der Waals surface area contributed by atoms with Gasteiger partial charge in [-0.25, -0.2) is 4.79 Å². The lowest BCUT2D eigenvalue weighted by atomic mass is 9.88. The van der Waals surface area contributed by atoms with Gasteiger partial charge in [0.15, 0.2) is 0 Å². The third kappa shape index (κ3) is 3.72. The van der Waals surface area contributed by atoms with Crippen LogP contribution in [0.1, 0.15) is 18.4 Å². The zero-order chi connectivity index (χ0) is 12.8. The molecule has 1 saturated carbocycles. The standard InChI is InChI=1S/C13H18N2O3/c1-17-15-12-7-11(8-12)14-13(16)18-9-10-5-3-2-4-6-10/h2-6,11-12,15H,7-9H2,1H3,(H,14,16). The van der Waals surface area contributed by atoms with E-state index in [1.54, 1.807) is 7.11 Å². The van der Waals surface area contributed by atoms with E-state index in [2.05, 4.69) is 10.8 Å². The Kier molecular flexibility index (Phi) is 4.55. The van der Waals surface area contributed by atoms with Crippen molar-refractivity contribution >= 4 is 6.09 Å². The molecular weight excluding hydrogens is 232 g/mol. The molecule has 1 amide bonds. The van der Waals surface area contributed by atoms with Crippen LogP contribution >= 0.6 is 0 Å². The maximum Gasteiger partial charge on any atom is 0.407 e. The Bertz CT molecular complexity index is 377. The van der Waals surface area contributed by atoms with Crippen molar-refractivity contribution in [2.45, 2.75) is 31.5 Å². The number of hydrogen-bond acceptors (Lipinski definition) is 4. The first kappa shape index (κ1) is 12.9. The molecule has 1 fully saturated rings. The number of benzene rings is 1. The molecule has 0 aromatic heterocycles. The largest absolute Gasteiger partial charge is 0.445 e. The fraction of sp³-hybridized carbons (Fsp3) is 0.462. The summed E-state index contributed by atoms with van der Waals surface area (Å²) in [6.45, 7) is 0.305. The number of hydroxylamine groups is 1. The first-order valence-electron chi connectivity index (χ1n) is 6.03. The summed E-state index contributed by atoms with van der Waals surface area (Å²) < 4.78 is 5.13. The van der Waals surface area contributed by atoms with E-state index in [1.165, 1.54) is 0 Å². The van der Waals surface area contributed by atoms with Gasteiger partial charge in [0, 0.05) is 12.1 Å². The highest BCUT2D eigenvalue weighted by atomic mass is 16.6. The first-order chi connectivity index (χ1) is 8.78. The van der Waals surface area contributed by atoms with Crippen molar-refractivity contribution in [1.29, 1.82) is 0 Å². The zero-order valence-electron chi connectivity index (χ0n) is 10.4. The van der Waals surface area contributed by atoms with Gasteiger partial charge in [-0.3, -0.25) is 0 Å². The van der Waals surface area contributed by atoms with E-state index >= 15 is 0 Å². The van der Waals surface area contributed by atoms with Gasteiger partial charge >= 0.3 is 6.09 Å². The predicted molar refractivity (Wildman–Crippen MR) is 66.7 cm³/mol. The number of rotatable bonds is 5. The zero-order valence-corrected chi connectivity index (χ0v) is 10.4. The molecule has 0 spiro atoms. The van der Waals surface area contributed by atoms with Gasteiger partial charge in [0.1, 0.15) is 6.61 Å². The van der Waals surface area contributed by atoms with Gasteiger partial charge in [0.05, 0.1) is 7.11 Å². The van der Waals surface area contributed by atoms with Crippen molar-refractivity contribution in [3.05, 3.63) is 35.9 Å². The van der Waals surface area contributed by atoms with Gasteiger partial charge in [0.25, 0.3) is 0 Å². The normalized spacial score (nSPS) is 22.1. The molecule has 0 bridgehead atoms. The van der Waals surface area contributed by atoms with Crippen molar-refractivity contribution in [2.24, 2.45) is 0 Å². The summed E-state index contributed by atoms with van der Waals surface area (Å²) in [5, 5.41) is 2.82. The number of alkyl carbamates (subject to hydrolysis) is 1. The monoisotopic (exact) mass is 250 g/mol. The van der Waals surface area contributed by atoms with Crippen LogP contribution in [0, 0.1) is 0 Å². The van der Waals surface area contributed by atoms with Gasteiger partial charge in [-0.15, -0.1) is 0 Å². The van der Waals surface area contributed by atoms with Gasteiger partial charge in [0.2, 0.25) is 0 Å². The predicted octanol–water partition coefficient (Wildman–Crippen LogP) is 1.59. The van der Waals surface area contributed by atoms with E-state index in [0.29, 0.717) is 12.6 Å². The number of nitrogens with one attached hydrogen (secondary N) is 2. The summed E-state index contributed by atoms with van der Waals surface area (Å²) in [6, 6.07) is 10.1. The average Bonchev–Trinajstić information content (AvgIpc) is 2.35. The lowest BCUT2D eigenvalue weighted by Crippen LogP contribution is -2.52. The Labute approximate surface area is 106 Å². The smallest absolute Gasteiger partial charge is 0.407 e. The quantitative estimate of drug-likeness (QED) is 0.779. The molecule has 1 aromatic rings. The first-order valence-corrected chi connectivity index (χ1v) is 6.03. The maximum atomic E-state index is 11.5. The molecule has 1 aliphatic rings. The minimum absolute atomic E-state index is 0.181. The molecule has 0 atom stereocenters. The Balaban J connectivity index is 1.62. The van der Waals surface area contributed by atoms with E-state index in [1.807, 2.05) is 30.3 Å².